The first-order valence-electron chi connectivity index (χ1n) is 8.69. The summed E-state index contributed by atoms with van der Waals surface area (Å²) in [6, 6.07) is 10.7. The lowest BCUT2D eigenvalue weighted by Gasteiger charge is -2.22. The Morgan fingerprint density at radius 2 is 2.04 bits per heavy atom. The molecule has 7 heteroatoms. The number of benzene rings is 1. The molecule has 1 aromatic heterocycles. The van der Waals surface area contributed by atoms with Gasteiger partial charge in [-0.25, -0.2) is 4.68 Å². The van der Waals surface area contributed by atoms with Crippen LogP contribution in [0.4, 0.5) is 0 Å². The normalized spacial score (nSPS) is 16.0. The van der Waals surface area contributed by atoms with Crippen molar-refractivity contribution in [3.63, 3.8) is 0 Å². The van der Waals surface area contributed by atoms with Gasteiger partial charge in [-0.2, -0.15) is 0 Å². The maximum Gasteiger partial charge on any atom is 0.273 e. The molecule has 1 saturated heterocycles. The second-order valence-corrected chi connectivity index (χ2v) is 6.42. The van der Waals surface area contributed by atoms with Crippen LogP contribution in [0.5, 0.6) is 0 Å². The van der Waals surface area contributed by atoms with E-state index in [1.165, 1.54) is 5.56 Å². The smallest absolute Gasteiger partial charge is 0.273 e. The number of rotatable bonds is 6. The second-order valence-electron chi connectivity index (χ2n) is 6.42. The van der Waals surface area contributed by atoms with Crippen LogP contribution in [0.3, 0.4) is 0 Å². The van der Waals surface area contributed by atoms with Gasteiger partial charge >= 0.3 is 0 Å². The van der Waals surface area contributed by atoms with Gasteiger partial charge in [-0.15, -0.1) is 17.5 Å². The highest BCUT2D eigenvalue weighted by atomic mass is 35.5. The monoisotopic (exact) mass is 363 g/mol. The Kier molecular flexibility index (Phi) is 7.40. The predicted octanol–water partition coefficient (Wildman–Crippen LogP) is 2.55. The summed E-state index contributed by atoms with van der Waals surface area (Å²) in [5.41, 5.74) is 1.70. The van der Waals surface area contributed by atoms with Crippen molar-refractivity contribution in [1.29, 1.82) is 0 Å². The third-order valence-corrected chi connectivity index (χ3v) is 4.66. The summed E-state index contributed by atoms with van der Waals surface area (Å²) in [5.74, 6) is 0.271. The van der Waals surface area contributed by atoms with Crippen molar-refractivity contribution in [3.05, 3.63) is 47.8 Å². The van der Waals surface area contributed by atoms with Crippen LogP contribution < -0.4 is 10.6 Å². The number of halogens is 1. The highest BCUT2D eigenvalue weighted by molar-refractivity contribution is 5.91. The lowest BCUT2D eigenvalue weighted by Crippen LogP contribution is -2.29. The van der Waals surface area contributed by atoms with E-state index in [0.717, 1.165) is 32.4 Å². The number of aromatic nitrogens is 3. The first kappa shape index (κ1) is 19.4. The number of amides is 1. The summed E-state index contributed by atoms with van der Waals surface area (Å²) < 4.78 is 1.84. The molecule has 1 aliphatic rings. The average Bonchev–Trinajstić information content (AvgIpc) is 3.13. The van der Waals surface area contributed by atoms with E-state index in [9.17, 15) is 4.79 Å². The van der Waals surface area contributed by atoms with Gasteiger partial charge in [-0.05, 0) is 43.8 Å². The Morgan fingerprint density at radius 1 is 1.32 bits per heavy atom. The summed E-state index contributed by atoms with van der Waals surface area (Å²) in [6.07, 6.45) is 4.72. The summed E-state index contributed by atoms with van der Waals surface area (Å²) in [7, 11) is 0. The first-order valence-corrected chi connectivity index (χ1v) is 8.69. The molecular formula is C18H26ClN5O. The molecule has 3 rings (SSSR count). The molecule has 0 aliphatic carbocycles. The lowest BCUT2D eigenvalue weighted by atomic mass is 9.98. The Bertz CT molecular complexity index is 654. The minimum absolute atomic E-state index is 0. The van der Waals surface area contributed by atoms with Crippen molar-refractivity contribution >= 4 is 18.3 Å². The largest absolute Gasteiger partial charge is 0.351 e. The van der Waals surface area contributed by atoms with Gasteiger partial charge in [-0.3, -0.25) is 4.79 Å². The van der Waals surface area contributed by atoms with Crippen LogP contribution >= 0.6 is 12.4 Å². The molecule has 25 heavy (non-hydrogen) atoms. The van der Waals surface area contributed by atoms with E-state index in [4.69, 9.17) is 0 Å². The Morgan fingerprint density at radius 3 is 2.76 bits per heavy atom. The fraction of sp³-hybridized carbons (Fsp3) is 0.500. The summed E-state index contributed by atoms with van der Waals surface area (Å²) in [4.78, 5) is 12.2. The Balaban J connectivity index is 0.00000225. The van der Waals surface area contributed by atoms with Crippen LogP contribution in [0.15, 0.2) is 36.5 Å². The van der Waals surface area contributed by atoms with E-state index in [1.807, 2.05) is 22.9 Å². The van der Waals surface area contributed by atoms with Crippen LogP contribution in [0.25, 0.3) is 0 Å². The predicted molar refractivity (Wildman–Crippen MR) is 100 cm³/mol. The van der Waals surface area contributed by atoms with Crippen LogP contribution in [0, 0.1) is 0 Å². The van der Waals surface area contributed by atoms with Gasteiger partial charge in [0.2, 0.25) is 0 Å². The molecule has 136 valence electrons. The van der Waals surface area contributed by atoms with E-state index in [0.29, 0.717) is 24.2 Å². The number of hydrogen-bond donors (Lipinski definition) is 2. The van der Waals surface area contributed by atoms with Crippen LogP contribution in [-0.2, 0) is 0 Å². The van der Waals surface area contributed by atoms with Crippen molar-refractivity contribution in [2.45, 2.75) is 38.1 Å². The molecule has 2 heterocycles. The zero-order chi connectivity index (χ0) is 16.8. The van der Waals surface area contributed by atoms with Gasteiger partial charge in [0.05, 0.1) is 12.2 Å². The van der Waals surface area contributed by atoms with E-state index in [-0.39, 0.29) is 18.3 Å². The molecule has 1 aromatic carbocycles. The average molecular weight is 364 g/mol. The lowest BCUT2D eigenvalue weighted by molar-refractivity contribution is 0.0947. The molecule has 0 radical (unpaired) electrons. The molecule has 1 unspecified atom stereocenters. The summed E-state index contributed by atoms with van der Waals surface area (Å²) in [6.45, 7) is 4.79. The fourth-order valence-corrected chi connectivity index (χ4v) is 3.07. The molecule has 0 saturated carbocycles. The number of piperidine rings is 1. The van der Waals surface area contributed by atoms with Gasteiger partial charge in [-0.1, -0.05) is 42.5 Å². The van der Waals surface area contributed by atoms with Crippen LogP contribution in [0.1, 0.15) is 54.2 Å². The first-order chi connectivity index (χ1) is 11.7. The summed E-state index contributed by atoms with van der Waals surface area (Å²) >= 11 is 0. The zero-order valence-corrected chi connectivity index (χ0v) is 15.3. The minimum Gasteiger partial charge on any atom is -0.351 e. The Hall–Kier alpha value is -1.92. The summed E-state index contributed by atoms with van der Waals surface area (Å²) in [5, 5.41) is 14.4. The van der Waals surface area contributed by atoms with E-state index in [2.05, 4.69) is 40.0 Å². The van der Waals surface area contributed by atoms with E-state index < -0.39 is 0 Å². The third-order valence-electron chi connectivity index (χ3n) is 4.66. The standard InChI is InChI=1S/C18H25N5O.ClH/c1-14(15-5-3-2-4-6-15)7-12-20-18(24)17-13-23(22-21-17)16-8-10-19-11-9-16;/h2-6,13-14,16,19H,7-12H2,1H3,(H,20,24);1H. The number of carbonyl (C=O) groups is 1. The van der Waals surface area contributed by atoms with E-state index >= 15 is 0 Å². The zero-order valence-electron chi connectivity index (χ0n) is 14.5. The van der Waals surface area contributed by atoms with Crippen LogP contribution in [-0.4, -0.2) is 40.5 Å². The Labute approximate surface area is 154 Å². The van der Waals surface area contributed by atoms with E-state index in [1.54, 1.807) is 6.20 Å². The van der Waals surface area contributed by atoms with Crippen LogP contribution in [0.2, 0.25) is 0 Å². The SMILES string of the molecule is CC(CCNC(=O)c1cn(C2CCNCC2)nn1)c1ccccc1.Cl. The second kappa shape index (κ2) is 9.53. The molecule has 0 spiro atoms. The van der Waals surface area contributed by atoms with Gasteiger partial charge < -0.3 is 10.6 Å². The maximum absolute atomic E-state index is 12.2. The molecule has 6 nitrogen and oxygen atoms in total. The molecule has 0 bridgehead atoms. The highest BCUT2D eigenvalue weighted by Crippen LogP contribution is 2.18. The molecule has 1 aliphatic heterocycles. The maximum atomic E-state index is 12.2. The number of nitrogens with zero attached hydrogens (tertiary/aromatic N) is 3. The molecule has 2 aromatic rings. The topological polar surface area (TPSA) is 71.8 Å². The van der Waals surface area contributed by atoms with Gasteiger partial charge in [0.15, 0.2) is 5.69 Å². The molecule has 2 N–H and O–H groups in total. The number of hydrogen-bond acceptors (Lipinski definition) is 4. The van der Waals surface area contributed by atoms with Gasteiger partial charge in [0, 0.05) is 6.54 Å². The minimum atomic E-state index is -0.143. The van der Waals surface area contributed by atoms with Crippen molar-refractivity contribution in [2.24, 2.45) is 0 Å². The highest BCUT2D eigenvalue weighted by Gasteiger charge is 2.18. The van der Waals surface area contributed by atoms with Crippen molar-refractivity contribution in [2.75, 3.05) is 19.6 Å². The molecular weight excluding hydrogens is 338 g/mol. The van der Waals surface area contributed by atoms with Crippen molar-refractivity contribution in [3.8, 4) is 0 Å². The molecule has 1 amide bonds. The van der Waals surface area contributed by atoms with Crippen molar-refractivity contribution < 1.29 is 4.79 Å². The third kappa shape index (κ3) is 5.28. The van der Waals surface area contributed by atoms with Gasteiger partial charge in [0.25, 0.3) is 5.91 Å². The number of carbonyl (C=O) groups excluding carboxylic acids is 1. The van der Waals surface area contributed by atoms with Crippen molar-refractivity contribution in [1.82, 2.24) is 25.6 Å². The molecule has 1 atom stereocenters. The fourth-order valence-electron chi connectivity index (χ4n) is 3.07. The quantitative estimate of drug-likeness (QED) is 0.827. The molecule has 1 fully saturated rings. The van der Waals surface area contributed by atoms with Gasteiger partial charge in [0.1, 0.15) is 0 Å². The number of nitrogens with one attached hydrogen (secondary N) is 2.